The number of nitriles is 1. The van der Waals surface area contributed by atoms with Gasteiger partial charge in [0.25, 0.3) is 0 Å². The van der Waals surface area contributed by atoms with Crippen molar-refractivity contribution in [2.45, 2.75) is 31.8 Å². The molecule has 2 rings (SSSR count). The van der Waals surface area contributed by atoms with Gasteiger partial charge >= 0.3 is 0 Å². The van der Waals surface area contributed by atoms with Crippen LogP contribution < -0.4 is 10.1 Å². The predicted octanol–water partition coefficient (Wildman–Crippen LogP) is 2.48. The summed E-state index contributed by atoms with van der Waals surface area (Å²) >= 11 is 0. The molecule has 1 atom stereocenters. The molecule has 1 aliphatic carbocycles. The van der Waals surface area contributed by atoms with Gasteiger partial charge in [-0.15, -0.1) is 0 Å². The van der Waals surface area contributed by atoms with E-state index in [9.17, 15) is 9.59 Å². The molecule has 1 amide bonds. The average molecular weight is 312 g/mol. The van der Waals surface area contributed by atoms with Gasteiger partial charge in [-0.1, -0.05) is 18.2 Å². The number of carbonyl (C=O) groups is 2. The van der Waals surface area contributed by atoms with E-state index in [-0.39, 0.29) is 6.10 Å². The summed E-state index contributed by atoms with van der Waals surface area (Å²) in [5, 5.41) is 11.2. The van der Waals surface area contributed by atoms with Crippen LogP contribution in [0.4, 0.5) is 0 Å². The Labute approximate surface area is 135 Å². The lowest BCUT2D eigenvalue weighted by atomic mass is 10.0. The fraction of sp³-hybridized carbons (Fsp3) is 0.389. The molecule has 120 valence electrons. The minimum absolute atomic E-state index is 0.270. The summed E-state index contributed by atoms with van der Waals surface area (Å²) in [6, 6.07) is 9.15. The van der Waals surface area contributed by atoms with Crippen LogP contribution in [0.15, 0.2) is 30.3 Å². The van der Waals surface area contributed by atoms with Gasteiger partial charge in [0.05, 0.1) is 12.2 Å². The Morgan fingerprint density at radius 3 is 2.78 bits per heavy atom. The minimum Gasteiger partial charge on any atom is -0.490 e. The molecule has 0 heterocycles. The van der Waals surface area contributed by atoms with E-state index >= 15 is 0 Å². The second kappa shape index (κ2) is 8.14. The van der Waals surface area contributed by atoms with Gasteiger partial charge in [0.1, 0.15) is 5.75 Å². The van der Waals surface area contributed by atoms with E-state index in [4.69, 9.17) is 10.00 Å². The van der Waals surface area contributed by atoms with Crippen LogP contribution in [0, 0.1) is 17.2 Å². The summed E-state index contributed by atoms with van der Waals surface area (Å²) in [7, 11) is 1.40. The van der Waals surface area contributed by atoms with E-state index in [1.807, 2.05) is 24.3 Å². The monoisotopic (exact) mass is 312 g/mol. The lowest BCUT2D eigenvalue weighted by Crippen LogP contribution is -2.31. The van der Waals surface area contributed by atoms with Crippen molar-refractivity contribution in [1.29, 1.82) is 5.26 Å². The van der Waals surface area contributed by atoms with Crippen LogP contribution >= 0.6 is 0 Å². The third-order valence-electron chi connectivity index (χ3n) is 3.83. The number of hydrogen-bond donors (Lipinski definition) is 1. The topological polar surface area (TPSA) is 79.2 Å². The molecule has 1 aliphatic rings. The molecule has 0 bridgehead atoms. The van der Waals surface area contributed by atoms with Gasteiger partial charge in [0.2, 0.25) is 5.91 Å². The van der Waals surface area contributed by atoms with Crippen LogP contribution in [0.1, 0.15) is 31.2 Å². The molecule has 23 heavy (non-hydrogen) atoms. The molecule has 0 aromatic heterocycles. The molecule has 0 radical (unpaired) electrons. The first-order chi connectivity index (χ1) is 11.1. The lowest BCUT2D eigenvalue weighted by molar-refractivity contribution is -0.129. The van der Waals surface area contributed by atoms with E-state index < -0.39 is 17.6 Å². The van der Waals surface area contributed by atoms with Gasteiger partial charge in [-0.25, -0.2) is 0 Å². The Bertz CT molecular complexity index is 640. The molecule has 1 N–H and O–H groups in total. The quantitative estimate of drug-likeness (QED) is 0.646. The number of ketones is 1. The van der Waals surface area contributed by atoms with Crippen molar-refractivity contribution in [2.24, 2.45) is 5.92 Å². The van der Waals surface area contributed by atoms with Crippen molar-refractivity contribution in [3.05, 3.63) is 35.9 Å². The third-order valence-corrected chi connectivity index (χ3v) is 3.83. The summed E-state index contributed by atoms with van der Waals surface area (Å²) in [5.41, 5.74) is 0.794. The fourth-order valence-electron chi connectivity index (χ4n) is 2.56. The minimum atomic E-state index is -1.31. The van der Waals surface area contributed by atoms with E-state index in [0.717, 1.165) is 24.2 Å². The van der Waals surface area contributed by atoms with Crippen molar-refractivity contribution in [3.63, 3.8) is 0 Å². The number of nitrogens with zero attached hydrogens (tertiary/aromatic N) is 1. The zero-order chi connectivity index (χ0) is 16.7. The number of amides is 1. The Balaban J connectivity index is 2.02. The maximum absolute atomic E-state index is 11.9. The normalized spacial score (nSPS) is 16.0. The molecule has 1 saturated carbocycles. The molecule has 5 heteroatoms. The molecular weight excluding hydrogens is 292 g/mol. The Hall–Kier alpha value is -2.61. The highest BCUT2D eigenvalue weighted by Crippen LogP contribution is 2.24. The number of benzene rings is 1. The molecule has 1 aromatic carbocycles. The summed E-state index contributed by atoms with van der Waals surface area (Å²) in [6.07, 6.45) is 7.69. The van der Waals surface area contributed by atoms with Crippen LogP contribution in [0.25, 0.3) is 6.08 Å². The summed E-state index contributed by atoms with van der Waals surface area (Å²) in [5.74, 6) is -1.67. The Morgan fingerprint density at radius 2 is 2.13 bits per heavy atom. The fourth-order valence-corrected chi connectivity index (χ4v) is 2.56. The number of hydrogen-bond acceptors (Lipinski definition) is 4. The van der Waals surface area contributed by atoms with Crippen molar-refractivity contribution >= 4 is 17.8 Å². The van der Waals surface area contributed by atoms with E-state index in [0.29, 0.717) is 0 Å². The van der Waals surface area contributed by atoms with Gasteiger partial charge in [0, 0.05) is 7.05 Å². The maximum atomic E-state index is 11.9. The first-order valence-corrected chi connectivity index (χ1v) is 7.74. The molecule has 0 saturated heterocycles. The molecule has 1 unspecified atom stereocenters. The highest BCUT2D eigenvalue weighted by molar-refractivity contribution is 6.10. The van der Waals surface area contributed by atoms with E-state index in [2.05, 4.69) is 5.32 Å². The van der Waals surface area contributed by atoms with Crippen molar-refractivity contribution in [3.8, 4) is 11.8 Å². The maximum Gasteiger partial charge on any atom is 0.245 e. The summed E-state index contributed by atoms with van der Waals surface area (Å²) in [4.78, 5) is 23.3. The van der Waals surface area contributed by atoms with Crippen molar-refractivity contribution in [1.82, 2.24) is 5.32 Å². The van der Waals surface area contributed by atoms with Crippen molar-refractivity contribution in [2.75, 3.05) is 7.05 Å². The zero-order valence-electron chi connectivity index (χ0n) is 13.1. The number of ether oxygens (including phenoxy) is 1. The van der Waals surface area contributed by atoms with Gasteiger partial charge < -0.3 is 10.1 Å². The standard InChI is InChI=1S/C18H20N2O3/c1-20-18(22)16(12-19)17(21)10-9-13-5-4-8-15(11-13)23-14-6-2-3-7-14/h4-5,8-11,14,16H,2-3,6-7H2,1H3,(H,20,22)/b10-9+. The first-order valence-electron chi connectivity index (χ1n) is 7.74. The van der Waals surface area contributed by atoms with Gasteiger partial charge in [-0.05, 0) is 49.5 Å². The summed E-state index contributed by atoms with van der Waals surface area (Å²) < 4.78 is 5.91. The second-order valence-electron chi connectivity index (χ2n) is 5.51. The highest BCUT2D eigenvalue weighted by Gasteiger charge is 2.23. The third kappa shape index (κ3) is 4.68. The Kier molecular flexibility index (Phi) is 5.93. The highest BCUT2D eigenvalue weighted by atomic mass is 16.5. The molecule has 0 aliphatic heterocycles. The summed E-state index contributed by atoms with van der Waals surface area (Å²) in [6.45, 7) is 0. The number of nitrogens with one attached hydrogen (secondary N) is 1. The van der Waals surface area contributed by atoms with Crippen molar-refractivity contribution < 1.29 is 14.3 Å². The van der Waals surface area contributed by atoms with E-state index in [1.165, 1.54) is 26.0 Å². The second-order valence-corrected chi connectivity index (χ2v) is 5.51. The van der Waals surface area contributed by atoms with E-state index in [1.54, 1.807) is 12.1 Å². The zero-order valence-corrected chi connectivity index (χ0v) is 13.1. The molecule has 1 fully saturated rings. The SMILES string of the molecule is CNC(=O)C(C#N)C(=O)/C=C/c1cccc(OC2CCCC2)c1. The van der Waals surface area contributed by atoms with Gasteiger partial charge in [-0.3, -0.25) is 9.59 Å². The first kappa shape index (κ1) is 16.8. The van der Waals surface area contributed by atoms with Gasteiger partial charge in [0.15, 0.2) is 11.7 Å². The predicted molar refractivity (Wildman–Crippen MR) is 86.5 cm³/mol. The van der Waals surface area contributed by atoms with Crippen LogP contribution in [-0.4, -0.2) is 24.8 Å². The van der Waals surface area contributed by atoms with Crippen LogP contribution in [0.5, 0.6) is 5.75 Å². The molecule has 0 spiro atoms. The molecule has 5 nitrogen and oxygen atoms in total. The molecule has 1 aromatic rings. The van der Waals surface area contributed by atoms with Crippen LogP contribution in [0.3, 0.4) is 0 Å². The number of rotatable bonds is 6. The molecular formula is C18H20N2O3. The smallest absolute Gasteiger partial charge is 0.245 e. The van der Waals surface area contributed by atoms with Gasteiger partial charge in [-0.2, -0.15) is 5.26 Å². The number of allylic oxidation sites excluding steroid dienone is 1. The van der Waals surface area contributed by atoms with Crippen LogP contribution in [-0.2, 0) is 9.59 Å². The lowest BCUT2D eigenvalue weighted by Gasteiger charge is -2.13. The van der Waals surface area contributed by atoms with Crippen LogP contribution in [0.2, 0.25) is 0 Å². The Morgan fingerprint density at radius 1 is 1.39 bits per heavy atom. The largest absolute Gasteiger partial charge is 0.490 e. The average Bonchev–Trinajstić information content (AvgIpc) is 3.06. The number of carbonyl (C=O) groups excluding carboxylic acids is 2.